The van der Waals surface area contributed by atoms with E-state index in [1.165, 1.54) is 0 Å². The summed E-state index contributed by atoms with van der Waals surface area (Å²) in [7, 11) is 1.11. The van der Waals surface area contributed by atoms with E-state index < -0.39 is 35.1 Å². The highest BCUT2D eigenvalue weighted by molar-refractivity contribution is 6.67. The van der Waals surface area contributed by atoms with Gasteiger partial charge < -0.3 is 19.9 Å². The monoisotopic (exact) mass is 293 g/mol. The molecule has 0 spiro atoms. The maximum absolute atomic E-state index is 11.1. The third kappa shape index (κ3) is 6.95. The van der Waals surface area contributed by atoms with Crippen molar-refractivity contribution in [1.29, 1.82) is 0 Å². The number of alkyl halides is 3. The fraction of sp³-hybridized carbons (Fsp3) is 0.714. The molecule has 0 unspecified atom stereocenters. The third-order valence-electron chi connectivity index (χ3n) is 1.33. The van der Waals surface area contributed by atoms with Crippen LogP contribution in [0.1, 0.15) is 0 Å². The molecule has 0 aromatic rings. The van der Waals surface area contributed by atoms with Crippen LogP contribution in [-0.4, -0.2) is 47.3 Å². The Morgan fingerprint density at radius 3 is 2.38 bits per heavy atom. The molecule has 1 amide bonds. The first-order valence-electron chi connectivity index (χ1n) is 3.99. The topological polar surface area (TPSA) is 84.9 Å². The highest BCUT2D eigenvalue weighted by Crippen LogP contribution is 2.25. The number of carbonyl (C=O) groups is 2. The van der Waals surface area contributed by atoms with E-state index in [1.54, 1.807) is 0 Å². The molecule has 0 aliphatic heterocycles. The van der Waals surface area contributed by atoms with Crippen LogP contribution in [-0.2, 0) is 14.3 Å². The third-order valence-corrected chi connectivity index (χ3v) is 1.65. The molecule has 0 bridgehead atoms. The molecule has 0 aliphatic carbocycles. The quantitative estimate of drug-likeness (QED) is 0.586. The fourth-order valence-corrected chi connectivity index (χ4v) is 0.816. The zero-order chi connectivity index (χ0) is 12.8. The summed E-state index contributed by atoms with van der Waals surface area (Å²) in [5.74, 6) is -0.812. The van der Waals surface area contributed by atoms with Crippen LogP contribution >= 0.6 is 34.8 Å². The maximum Gasteiger partial charge on any atom is 0.408 e. The van der Waals surface area contributed by atoms with E-state index in [0.717, 1.165) is 7.11 Å². The molecule has 2 N–H and O–H groups in total. The number of alkyl carbamates (subject to hydrolysis) is 1. The van der Waals surface area contributed by atoms with E-state index in [4.69, 9.17) is 39.9 Å². The van der Waals surface area contributed by atoms with Crippen LogP contribution in [0.3, 0.4) is 0 Å². The Bertz CT molecular complexity index is 255. The van der Waals surface area contributed by atoms with Crippen LogP contribution in [0, 0.1) is 0 Å². The van der Waals surface area contributed by atoms with E-state index in [1.807, 2.05) is 5.32 Å². The van der Waals surface area contributed by atoms with Crippen molar-refractivity contribution in [3.63, 3.8) is 0 Å². The van der Waals surface area contributed by atoms with Crippen molar-refractivity contribution in [2.45, 2.75) is 9.83 Å². The molecular formula is C7H10Cl3NO5. The predicted molar refractivity (Wildman–Crippen MR) is 57.7 cm³/mol. The van der Waals surface area contributed by atoms with Gasteiger partial charge in [-0.05, 0) is 0 Å². The summed E-state index contributed by atoms with van der Waals surface area (Å²) >= 11 is 16.0. The van der Waals surface area contributed by atoms with Gasteiger partial charge in [0.15, 0.2) is 6.04 Å². The van der Waals surface area contributed by atoms with Gasteiger partial charge in [-0.2, -0.15) is 0 Å². The molecule has 0 aromatic carbocycles. The van der Waals surface area contributed by atoms with Gasteiger partial charge >= 0.3 is 12.1 Å². The lowest BCUT2D eigenvalue weighted by molar-refractivity contribution is -0.144. The molecule has 0 fully saturated rings. The first-order chi connectivity index (χ1) is 7.30. The van der Waals surface area contributed by atoms with Crippen molar-refractivity contribution >= 4 is 46.9 Å². The number of aliphatic hydroxyl groups excluding tert-OH is 1. The second-order valence-electron chi connectivity index (χ2n) is 2.59. The number of hydrogen-bond acceptors (Lipinski definition) is 5. The van der Waals surface area contributed by atoms with Gasteiger partial charge in [-0.1, -0.05) is 34.8 Å². The number of methoxy groups -OCH3 is 1. The SMILES string of the molecule is COC(=O)[C@H](CO)NC(=O)OCC(Cl)(Cl)Cl. The van der Waals surface area contributed by atoms with Gasteiger partial charge in [0.2, 0.25) is 3.79 Å². The summed E-state index contributed by atoms with van der Waals surface area (Å²) in [6.45, 7) is -1.11. The van der Waals surface area contributed by atoms with Gasteiger partial charge in [0.25, 0.3) is 0 Å². The van der Waals surface area contributed by atoms with Crippen molar-refractivity contribution in [3.05, 3.63) is 0 Å². The normalized spacial score (nSPS) is 12.8. The number of rotatable bonds is 4. The molecule has 16 heavy (non-hydrogen) atoms. The maximum atomic E-state index is 11.1. The van der Waals surface area contributed by atoms with Crippen LogP contribution in [0.15, 0.2) is 0 Å². The van der Waals surface area contributed by atoms with Gasteiger partial charge in [-0.15, -0.1) is 0 Å². The Labute approximate surface area is 107 Å². The molecule has 9 heteroatoms. The van der Waals surface area contributed by atoms with Crippen molar-refractivity contribution in [2.24, 2.45) is 0 Å². The lowest BCUT2D eigenvalue weighted by Gasteiger charge is -2.15. The van der Waals surface area contributed by atoms with Gasteiger partial charge in [0, 0.05) is 0 Å². The first-order valence-corrected chi connectivity index (χ1v) is 5.12. The summed E-state index contributed by atoms with van der Waals surface area (Å²) in [4.78, 5) is 22.0. The van der Waals surface area contributed by atoms with Crippen molar-refractivity contribution in [3.8, 4) is 0 Å². The van der Waals surface area contributed by atoms with E-state index in [2.05, 4.69) is 9.47 Å². The Morgan fingerprint density at radius 2 is 2.00 bits per heavy atom. The minimum absolute atomic E-state index is 0.483. The molecule has 0 saturated heterocycles. The van der Waals surface area contributed by atoms with Gasteiger partial charge in [-0.3, -0.25) is 0 Å². The van der Waals surface area contributed by atoms with Crippen LogP contribution in [0.4, 0.5) is 4.79 Å². The summed E-state index contributed by atoms with van der Waals surface area (Å²) < 4.78 is 7.03. The van der Waals surface area contributed by atoms with Crippen molar-refractivity contribution in [2.75, 3.05) is 20.3 Å². The number of aliphatic hydroxyl groups is 1. The van der Waals surface area contributed by atoms with E-state index in [-0.39, 0.29) is 0 Å². The molecule has 0 heterocycles. The molecule has 0 aromatic heterocycles. The van der Waals surface area contributed by atoms with Crippen LogP contribution in [0.2, 0.25) is 0 Å². The number of amides is 1. The van der Waals surface area contributed by atoms with Crippen molar-refractivity contribution < 1.29 is 24.2 Å². The standard InChI is InChI=1S/C7H10Cl3NO5/c1-15-5(13)4(2-12)11-6(14)16-3-7(8,9)10/h4,12H,2-3H2,1H3,(H,11,14)/t4-/m0/s1. The van der Waals surface area contributed by atoms with Crippen LogP contribution < -0.4 is 5.32 Å². The number of esters is 1. The van der Waals surface area contributed by atoms with Gasteiger partial charge in [0.05, 0.1) is 13.7 Å². The Kier molecular flexibility index (Phi) is 6.82. The lowest BCUT2D eigenvalue weighted by atomic mass is 10.3. The first kappa shape index (κ1) is 15.6. The molecule has 94 valence electrons. The second kappa shape index (κ2) is 7.01. The summed E-state index contributed by atoms with van der Waals surface area (Å²) in [6.07, 6.45) is -1.00. The molecular weight excluding hydrogens is 284 g/mol. The van der Waals surface area contributed by atoms with Gasteiger partial charge in [0.1, 0.15) is 6.61 Å². The summed E-state index contributed by atoms with van der Waals surface area (Å²) in [5.41, 5.74) is 0. The molecule has 0 radical (unpaired) electrons. The summed E-state index contributed by atoms with van der Waals surface area (Å²) in [6, 6.07) is -1.21. The highest BCUT2D eigenvalue weighted by Gasteiger charge is 2.25. The fourth-order valence-electron chi connectivity index (χ4n) is 0.653. The Morgan fingerprint density at radius 1 is 1.44 bits per heavy atom. The number of carbonyl (C=O) groups excluding carboxylic acids is 2. The number of halogens is 3. The Balaban J connectivity index is 4.07. The van der Waals surface area contributed by atoms with Crippen molar-refractivity contribution in [1.82, 2.24) is 5.32 Å². The van der Waals surface area contributed by atoms with E-state index in [9.17, 15) is 9.59 Å². The average Bonchev–Trinajstić information content (AvgIpc) is 2.21. The largest absolute Gasteiger partial charge is 0.467 e. The van der Waals surface area contributed by atoms with Gasteiger partial charge in [-0.25, -0.2) is 9.59 Å². The molecule has 1 atom stereocenters. The van der Waals surface area contributed by atoms with E-state index >= 15 is 0 Å². The minimum atomic E-state index is -1.74. The molecule has 0 saturated carbocycles. The predicted octanol–water partition coefficient (Wildman–Crippen LogP) is 0.617. The zero-order valence-corrected chi connectivity index (χ0v) is 10.5. The minimum Gasteiger partial charge on any atom is -0.467 e. The smallest absolute Gasteiger partial charge is 0.408 e. The van der Waals surface area contributed by atoms with Crippen LogP contribution in [0.25, 0.3) is 0 Å². The number of hydrogen-bond donors (Lipinski definition) is 2. The molecule has 0 aliphatic rings. The Hall–Kier alpha value is -0.430. The highest BCUT2D eigenvalue weighted by atomic mass is 35.6. The van der Waals surface area contributed by atoms with E-state index in [0.29, 0.717) is 0 Å². The average molecular weight is 295 g/mol. The lowest BCUT2D eigenvalue weighted by Crippen LogP contribution is -2.44. The number of nitrogens with one attached hydrogen (secondary N) is 1. The summed E-state index contributed by atoms with van der Waals surface area (Å²) in [5, 5.41) is 10.8. The molecule has 6 nitrogen and oxygen atoms in total. The van der Waals surface area contributed by atoms with Crippen LogP contribution in [0.5, 0.6) is 0 Å². The zero-order valence-electron chi connectivity index (χ0n) is 8.21. The second-order valence-corrected chi connectivity index (χ2v) is 5.11. The molecule has 0 rings (SSSR count). The number of ether oxygens (including phenoxy) is 2.